The van der Waals surface area contributed by atoms with Crippen LogP contribution in [0.3, 0.4) is 0 Å². The molecule has 1 atom stereocenters. The number of benzene rings is 1. The maximum Gasteiger partial charge on any atom is 0.150 e. The summed E-state index contributed by atoms with van der Waals surface area (Å²) in [7, 11) is 2.14. The second-order valence-electron chi connectivity index (χ2n) is 7.67. The lowest BCUT2D eigenvalue weighted by atomic mass is 10.2. The molecular weight excluding hydrogens is 336 g/mol. The highest BCUT2D eigenvalue weighted by molar-refractivity contribution is 5.76. The molecule has 1 saturated carbocycles. The Morgan fingerprint density at radius 3 is 2.56 bits per heavy atom. The highest BCUT2D eigenvalue weighted by atomic mass is 15.3. The SMILES string of the molecule is Cc1nc2ccccc2nc1N1CCC(N(C)c2ccnc(C3CC3)n2)C1. The smallest absolute Gasteiger partial charge is 0.150 e. The summed E-state index contributed by atoms with van der Waals surface area (Å²) in [5.74, 6) is 3.62. The Balaban J connectivity index is 1.36. The van der Waals surface area contributed by atoms with E-state index in [9.17, 15) is 0 Å². The van der Waals surface area contributed by atoms with Gasteiger partial charge in [0.2, 0.25) is 0 Å². The van der Waals surface area contributed by atoms with Gasteiger partial charge in [0, 0.05) is 38.3 Å². The van der Waals surface area contributed by atoms with E-state index in [1.54, 1.807) is 0 Å². The highest BCUT2D eigenvalue weighted by Gasteiger charge is 2.30. The van der Waals surface area contributed by atoms with Gasteiger partial charge in [0.25, 0.3) is 0 Å². The van der Waals surface area contributed by atoms with Crippen molar-refractivity contribution in [2.45, 2.75) is 38.1 Å². The third-order valence-corrected chi connectivity index (χ3v) is 5.69. The number of anilines is 2. The van der Waals surface area contributed by atoms with Crippen molar-refractivity contribution in [1.29, 1.82) is 0 Å². The molecule has 2 fully saturated rings. The van der Waals surface area contributed by atoms with Crippen LogP contribution in [0.2, 0.25) is 0 Å². The molecule has 1 unspecified atom stereocenters. The summed E-state index contributed by atoms with van der Waals surface area (Å²) in [5, 5.41) is 0. The quantitative estimate of drug-likeness (QED) is 0.711. The Hall–Kier alpha value is -2.76. The van der Waals surface area contributed by atoms with Crippen molar-refractivity contribution in [3.8, 4) is 0 Å². The van der Waals surface area contributed by atoms with Gasteiger partial charge in [-0.15, -0.1) is 0 Å². The molecule has 0 bridgehead atoms. The molecule has 2 aromatic heterocycles. The van der Waals surface area contributed by atoms with Gasteiger partial charge in [0.1, 0.15) is 11.6 Å². The van der Waals surface area contributed by atoms with Crippen LogP contribution >= 0.6 is 0 Å². The van der Waals surface area contributed by atoms with Gasteiger partial charge in [-0.1, -0.05) is 12.1 Å². The van der Waals surface area contributed by atoms with Crippen LogP contribution < -0.4 is 9.80 Å². The van der Waals surface area contributed by atoms with Crippen LogP contribution in [0, 0.1) is 6.92 Å². The zero-order valence-electron chi connectivity index (χ0n) is 15.8. The number of hydrogen-bond acceptors (Lipinski definition) is 6. The number of aryl methyl sites for hydroxylation is 1. The lowest BCUT2D eigenvalue weighted by molar-refractivity contribution is 0.679. The van der Waals surface area contributed by atoms with Crippen molar-refractivity contribution < 1.29 is 0 Å². The minimum absolute atomic E-state index is 0.416. The first-order valence-corrected chi connectivity index (χ1v) is 9.73. The summed E-state index contributed by atoms with van der Waals surface area (Å²) >= 11 is 0. The van der Waals surface area contributed by atoms with Crippen LogP contribution in [0.4, 0.5) is 11.6 Å². The van der Waals surface area contributed by atoms with Crippen molar-refractivity contribution in [3.63, 3.8) is 0 Å². The number of likely N-dealkylation sites (N-methyl/N-ethyl adjacent to an activating group) is 1. The Kier molecular flexibility index (Phi) is 3.92. The van der Waals surface area contributed by atoms with Gasteiger partial charge in [0.15, 0.2) is 5.82 Å². The average Bonchev–Trinajstić information content (AvgIpc) is 3.44. The lowest BCUT2D eigenvalue weighted by Gasteiger charge is -2.26. The van der Waals surface area contributed by atoms with Gasteiger partial charge in [-0.05, 0) is 44.4 Å². The van der Waals surface area contributed by atoms with Crippen molar-refractivity contribution >= 4 is 22.7 Å². The van der Waals surface area contributed by atoms with Gasteiger partial charge < -0.3 is 9.80 Å². The molecule has 1 aromatic carbocycles. The van der Waals surface area contributed by atoms with E-state index < -0.39 is 0 Å². The first kappa shape index (κ1) is 16.4. The number of rotatable bonds is 4. The number of fused-ring (bicyclic) bond motifs is 1. The molecule has 6 nitrogen and oxygen atoms in total. The predicted molar refractivity (Wildman–Crippen MR) is 107 cm³/mol. The van der Waals surface area contributed by atoms with E-state index in [0.29, 0.717) is 12.0 Å². The Labute approximate surface area is 159 Å². The third kappa shape index (κ3) is 3.09. The van der Waals surface area contributed by atoms with E-state index in [1.165, 1.54) is 12.8 Å². The standard InChI is InChI=1S/C21H24N6/c1-14-21(24-18-6-4-3-5-17(18)23-14)27-12-10-16(13-27)26(2)19-9-11-22-20(25-19)15-7-8-15/h3-6,9,11,15-16H,7-8,10,12-13H2,1-2H3. The van der Waals surface area contributed by atoms with E-state index in [-0.39, 0.29) is 0 Å². The van der Waals surface area contributed by atoms with Crippen LogP contribution in [0.5, 0.6) is 0 Å². The number of aromatic nitrogens is 4. The topological polar surface area (TPSA) is 58.0 Å². The molecule has 5 rings (SSSR count). The van der Waals surface area contributed by atoms with E-state index in [4.69, 9.17) is 15.0 Å². The summed E-state index contributed by atoms with van der Waals surface area (Å²) in [5.41, 5.74) is 2.91. The van der Waals surface area contributed by atoms with E-state index in [1.807, 2.05) is 36.5 Å². The minimum atomic E-state index is 0.416. The molecular formula is C21H24N6. The zero-order valence-corrected chi connectivity index (χ0v) is 15.8. The number of hydrogen-bond donors (Lipinski definition) is 0. The van der Waals surface area contributed by atoms with Crippen LogP contribution in [-0.2, 0) is 0 Å². The Morgan fingerprint density at radius 2 is 1.78 bits per heavy atom. The summed E-state index contributed by atoms with van der Waals surface area (Å²) in [6, 6.07) is 10.5. The summed E-state index contributed by atoms with van der Waals surface area (Å²) in [6.45, 7) is 3.98. The van der Waals surface area contributed by atoms with Crippen LogP contribution in [-0.4, -0.2) is 46.1 Å². The molecule has 1 saturated heterocycles. The van der Waals surface area contributed by atoms with Gasteiger partial charge in [-0.25, -0.2) is 19.9 Å². The maximum absolute atomic E-state index is 4.89. The summed E-state index contributed by atoms with van der Waals surface area (Å²) in [4.78, 5) is 23.5. The second-order valence-corrected chi connectivity index (χ2v) is 7.67. The fourth-order valence-electron chi connectivity index (χ4n) is 3.91. The van der Waals surface area contributed by atoms with E-state index >= 15 is 0 Å². The number of nitrogens with zero attached hydrogens (tertiary/aromatic N) is 6. The number of para-hydroxylation sites is 2. The first-order chi connectivity index (χ1) is 13.2. The molecule has 138 valence electrons. The van der Waals surface area contributed by atoms with Crippen molar-refractivity contribution in [2.24, 2.45) is 0 Å². The van der Waals surface area contributed by atoms with Gasteiger partial charge >= 0.3 is 0 Å². The zero-order chi connectivity index (χ0) is 18.4. The van der Waals surface area contributed by atoms with Gasteiger partial charge in [-0.2, -0.15) is 0 Å². The Bertz CT molecular complexity index is 983. The maximum atomic E-state index is 4.89. The fraction of sp³-hybridized carbons (Fsp3) is 0.429. The molecule has 27 heavy (non-hydrogen) atoms. The monoisotopic (exact) mass is 360 g/mol. The highest BCUT2D eigenvalue weighted by Crippen LogP contribution is 2.38. The average molecular weight is 360 g/mol. The van der Waals surface area contributed by atoms with Crippen molar-refractivity contribution in [2.75, 3.05) is 29.9 Å². The molecule has 0 amide bonds. The molecule has 1 aliphatic heterocycles. The van der Waals surface area contributed by atoms with Crippen LogP contribution in [0.1, 0.15) is 36.7 Å². The van der Waals surface area contributed by atoms with Crippen molar-refractivity contribution in [1.82, 2.24) is 19.9 Å². The summed E-state index contributed by atoms with van der Waals surface area (Å²) in [6.07, 6.45) is 5.44. The van der Waals surface area contributed by atoms with Crippen LogP contribution in [0.25, 0.3) is 11.0 Å². The van der Waals surface area contributed by atoms with E-state index in [0.717, 1.165) is 53.7 Å². The largest absolute Gasteiger partial charge is 0.355 e. The third-order valence-electron chi connectivity index (χ3n) is 5.69. The molecule has 0 spiro atoms. The van der Waals surface area contributed by atoms with E-state index in [2.05, 4.69) is 28.8 Å². The molecule has 0 N–H and O–H groups in total. The molecule has 6 heteroatoms. The molecule has 2 aliphatic rings. The second kappa shape index (κ2) is 6.44. The van der Waals surface area contributed by atoms with Gasteiger partial charge in [-0.3, -0.25) is 0 Å². The minimum Gasteiger partial charge on any atom is -0.355 e. The lowest BCUT2D eigenvalue weighted by Crippen LogP contribution is -2.35. The Morgan fingerprint density at radius 1 is 1.00 bits per heavy atom. The predicted octanol–water partition coefficient (Wildman–Crippen LogP) is 3.32. The first-order valence-electron chi connectivity index (χ1n) is 9.73. The summed E-state index contributed by atoms with van der Waals surface area (Å²) < 4.78 is 0. The molecule has 1 aliphatic carbocycles. The normalized spacial score (nSPS) is 19.6. The fourth-order valence-corrected chi connectivity index (χ4v) is 3.91. The van der Waals surface area contributed by atoms with Crippen LogP contribution in [0.15, 0.2) is 36.5 Å². The molecule has 3 aromatic rings. The molecule has 3 heterocycles. The molecule has 0 radical (unpaired) electrons. The van der Waals surface area contributed by atoms with Crippen molar-refractivity contribution in [3.05, 3.63) is 48.0 Å². The van der Waals surface area contributed by atoms with Gasteiger partial charge in [0.05, 0.1) is 16.7 Å².